The Morgan fingerprint density at radius 1 is 0.364 bits per heavy atom. The maximum Gasteiger partial charge on any atom is 0.159 e. The Hall–Kier alpha value is -2.64. The highest BCUT2D eigenvalue weighted by molar-refractivity contribution is 7.13. The van der Waals surface area contributed by atoms with Gasteiger partial charge >= 0.3 is 0 Å². The first-order valence-corrected chi connectivity index (χ1v) is 19.5. The van der Waals surface area contributed by atoms with Crippen LogP contribution in [0.3, 0.4) is 0 Å². The lowest BCUT2D eigenvalue weighted by Crippen LogP contribution is -2.70. The molecule has 0 nitrogen and oxygen atoms in total. The van der Waals surface area contributed by atoms with E-state index >= 15 is 0 Å². The molecule has 0 aromatic heterocycles. The van der Waals surface area contributed by atoms with Gasteiger partial charge in [0.1, 0.15) is 0 Å². The molecule has 0 saturated carbocycles. The van der Waals surface area contributed by atoms with Crippen molar-refractivity contribution in [2.24, 2.45) is 0 Å². The summed E-state index contributed by atoms with van der Waals surface area (Å²) < 4.78 is 0. The van der Waals surface area contributed by atoms with Crippen molar-refractivity contribution in [3.05, 3.63) is 111 Å². The molecule has 4 rings (SSSR count). The SMILES string of the molecule is CC1=CC=C(C)C1[Si](c1cc(C(C)C)cc(C(C)C)c1)(c1cc(C(C)C)cc(C(C)C)c1)c1cc(C(C)C)cc(C(C)C)c1. The monoisotopic (exact) mass is 604 g/mol. The van der Waals surface area contributed by atoms with Gasteiger partial charge in [-0.1, -0.05) is 161 Å². The number of allylic oxidation sites excluding steroid dienone is 4. The Morgan fingerprint density at radius 2 is 0.568 bits per heavy atom. The fraction of sp³-hybridized carbons (Fsp3) is 0.488. The molecule has 44 heavy (non-hydrogen) atoms. The molecule has 3 aromatic carbocycles. The summed E-state index contributed by atoms with van der Waals surface area (Å²) >= 11 is 0. The molecule has 0 bridgehead atoms. The van der Waals surface area contributed by atoms with Gasteiger partial charge in [-0.05, 0) is 98.3 Å². The van der Waals surface area contributed by atoms with Gasteiger partial charge in [0.15, 0.2) is 8.07 Å². The fourth-order valence-electron chi connectivity index (χ4n) is 7.21. The number of benzene rings is 3. The van der Waals surface area contributed by atoms with Crippen LogP contribution in [0.2, 0.25) is 5.54 Å². The Labute approximate surface area is 272 Å². The van der Waals surface area contributed by atoms with E-state index in [2.05, 4.69) is 164 Å². The Morgan fingerprint density at radius 3 is 0.750 bits per heavy atom. The molecule has 0 atom stereocenters. The average molecular weight is 605 g/mol. The van der Waals surface area contributed by atoms with Crippen LogP contribution in [-0.2, 0) is 0 Å². The molecular formula is C43H60Si. The molecule has 0 radical (unpaired) electrons. The minimum atomic E-state index is -2.72. The summed E-state index contributed by atoms with van der Waals surface area (Å²) in [4.78, 5) is 0. The zero-order chi connectivity index (χ0) is 32.7. The van der Waals surface area contributed by atoms with Crippen molar-refractivity contribution in [3.8, 4) is 0 Å². The minimum absolute atomic E-state index is 0.370. The molecule has 0 unspecified atom stereocenters. The van der Waals surface area contributed by atoms with E-state index < -0.39 is 8.07 Å². The predicted molar refractivity (Wildman–Crippen MR) is 200 cm³/mol. The molecule has 1 aliphatic rings. The summed E-state index contributed by atoms with van der Waals surface area (Å²) in [6, 6.07) is 23.3. The van der Waals surface area contributed by atoms with Gasteiger partial charge < -0.3 is 0 Å². The molecule has 0 heterocycles. The van der Waals surface area contributed by atoms with E-state index in [4.69, 9.17) is 0 Å². The van der Waals surface area contributed by atoms with E-state index in [0.29, 0.717) is 41.0 Å². The third-order valence-corrected chi connectivity index (χ3v) is 15.6. The van der Waals surface area contributed by atoms with Crippen LogP contribution in [-0.4, -0.2) is 8.07 Å². The summed E-state index contributed by atoms with van der Waals surface area (Å²) in [5.41, 5.74) is 12.2. The Bertz CT molecular complexity index is 1290. The van der Waals surface area contributed by atoms with Crippen molar-refractivity contribution in [2.75, 3.05) is 0 Å². The topological polar surface area (TPSA) is 0 Å². The lowest BCUT2D eigenvalue weighted by atomic mass is 9.95. The van der Waals surface area contributed by atoms with Crippen molar-refractivity contribution in [3.63, 3.8) is 0 Å². The molecule has 0 N–H and O–H groups in total. The highest BCUT2D eigenvalue weighted by atomic mass is 28.3. The highest BCUT2D eigenvalue weighted by Crippen LogP contribution is 2.42. The van der Waals surface area contributed by atoms with Gasteiger partial charge in [0.25, 0.3) is 0 Å². The first kappa shape index (κ1) is 34.2. The lowest BCUT2D eigenvalue weighted by Gasteiger charge is -2.43. The van der Waals surface area contributed by atoms with Gasteiger partial charge in [-0.3, -0.25) is 0 Å². The van der Waals surface area contributed by atoms with Crippen molar-refractivity contribution >= 4 is 23.6 Å². The average Bonchev–Trinajstić information content (AvgIpc) is 3.30. The zero-order valence-electron chi connectivity index (χ0n) is 30.4. The van der Waals surface area contributed by atoms with E-state index in [0.717, 1.165) is 0 Å². The largest absolute Gasteiger partial charge is 0.159 e. The number of hydrogen-bond donors (Lipinski definition) is 0. The second-order valence-electron chi connectivity index (χ2n) is 15.7. The predicted octanol–water partition coefficient (Wildman–Crippen LogP) is 11.2. The van der Waals surface area contributed by atoms with E-state index in [-0.39, 0.29) is 0 Å². The first-order chi connectivity index (χ1) is 20.6. The van der Waals surface area contributed by atoms with Gasteiger partial charge in [0.05, 0.1) is 0 Å². The first-order valence-electron chi connectivity index (χ1n) is 17.4. The molecule has 0 aliphatic heterocycles. The summed E-state index contributed by atoms with van der Waals surface area (Å²) in [5.74, 6) is 2.82. The molecule has 1 aliphatic carbocycles. The summed E-state index contributed by atoms with van der Waals surface area (Å²) in [7, 11) is -2.72. The maximum absolute atomic E-state index is 2.72. The van der Waals surface area contributed by atoms with Crippen molar-refractivity contribution in [2.45, 2.75) is 138 Å². The van der Waals surface area contributed by atoms with E-state index in [1.807, 2.05) is 0 Å². The lowest BCUT2D eigenvalue weighted by molar-refractivity contribution is 0.833. The summed E-state index contributed by atoms with van der Waals surface area (Å²) in [6.07, 6.45) is 4.84. The smallest absolute Gasteiger partial charge is 0.0679 e. The third-order valence-electron chi connectivity index (χ3n) is 10.3. The molecule has 0 saturated heterocycles. The molecule has 0 fully saturated rings. The number of rotatable bonds is 10. The molecule has 1 heteroatoms. The molecule has 236 valence electrons. The van der Waals surface area contributed by atoms with Crippen molar-refractivity contribution < 1.29 is 0 Å². The van der Waals surface area contributed by atoms with Crippen LogP contribution < -0.4 is 15.6 Å². The van der Waals surface area contributed by atoms with Gasteiger partial charge in [-0.2, -0.15) is 0 Å². The van der Waals surface area contributed by atoms with E-state index in [9.17, 15) is 0 Å². The summed E-state index contributed by atoms with van der Waals surface area (Å²) in [5, 5.41) is 4.73. The second kappa shape index (κ2) is 13.4. The van der Waals surface area contributed by atoms with E-state index in [1.54, 1.807) is 15.6 Å². The van der Waals surface area contributed by atoms with Gasteiger partial charge in [-0.25, -0.2) is 0 Å². The molecule has 0 spiro atoms. The fourth-order valence-corrected chi connectivity index (χ4v) is 13.1. The van der Waals surface area contributed by atoms with Crippen molar-refractivity contribution in [1.82, 2.24) is 0 Å². The third kappa shape index (κ3) is 6.50. The van der Waals surface area contributed by atoms with Crippen LogP contribution in [0, 0.1) is 0 Å². The Kier molecular flexibility index (Phi) is 10.4. The quantitative estimate of drug-likeness (QED) is 0.159. The normalized spacial score (nSPS) is 14.6. The molecule has 3 aromatic rings. The van der Waals surface area contributed by atoms with E-state index in [1.165, 1.54) is 44.5 Å². The van der Waals surface area contributed by atoms with Crippen LogP contribution in [0.15, 0.2) is 77.9 Å². The van der Waals surface area contributed by atoms with Crippen molar-refractivity contribution in [1.29, 1.82) is 0 Å². The highest BCUT2D eigenvalue weighted by Gasteiger charge is 2.50. The zero-order valence-corrected chi connectivity index (χ0v) is 31.4. The second-order valence-corrected chi connectivity index (χ2v) is 19.6. The van der Waals surface area contributed by atoms with Crippen LogP contribution in [0.4, 0.5) is 0 Å². The van der Waals surface area contributed by atoms with Crippen LogP contribution in [0.1, 0.15) is 166 Å². The van der Waals surface area contributed by atoms with Crippen LogP contribution in [0.5, 0.6) is 0 Å². The molecular weight excluding hydrogens is 545 g/mol. The molecule has 0 amide bonds. The number of hydrogen-bond acceptors (Lipinski definition) is 0. The van der Waals surface area contributed by atoms with Crippen LogP contribution in [0.25, 0.3) is 0 Å². The van der Waals surface area contributed by atoms with Crippen LogP contribution >= 0.6 is 0 Å². The Balaban J connectivity index is 2.35. The van der Waals surface area contributed by atoms with Gasteiger partial charge in [-0.15, -0.1) is 0 Å². The van der Waals surface area contributed by atoms with Gasteiger partial charge in [0.2, 0.25) is 0 Å². The standard InChI is InChI=1S/C43H60Si/c1-26(2)34-17-35(27(3)4)21-40(20-34)44(43-32(13)15-16-33(43)14,41-22-36(28(5)6)18-37(23-41)29(7)8)42-24-38(30(9)10)19-39(25-42)31(11)12/h15-31,43H,1-14H3. The minimum Gasteiger partial charge on any atom is -0.0679 e. The maximum atomic E-state index is 2.63. The van der Waals surface area contributed by atoms with Gasteiger partial charge in [0, 0.05) is 5.54 Å². The summed E-state index contributed by atoms with van der Waals surface area (Å²) in [6.45, 7) is 33.2.